The van der Waals surface area contributed by atoms with Gasteiger partial charge < -0.3 is 0 Å². The van der Waals surface area contributed by atoms with Crippen molar-refractivity contribution in [2.24, 2.45) is 0 Å². The zero-order valence-corrected chi connectivity index (χ0v) is 12.9. The van der Waals surface area contributed by atoms with Crippen LogP contribution in [0.25, 0.3) is 11.0 Å². The number of nitrogens with zero attached hydrogens (tertiary/aromatic N) is 7. The molecule has 2 aromatic heterocycles. The molecule has 23 heavy (non-hydrogen) atoms. The van der Waals surface area contributed by atoms with Gasteiger partial charge in [0.2, 0.25) is 0 Å². The average molecular weight is 313 g/mol. The van der Waals surface area contributed by atoms with Crippen molar-refractivity contribution in [1.29, 1.82) is 0 Å². The molecule has 8 heteroatoms. The molecule has 4 rings (SSSR count). The molecule has 0 saturated carbocycles. The van der Waals surface area contributed by atoms with Crippen LogP contribution in [0.15, 0.2) is 35.5 Å². The van der Waals surface area contributed by atoms with Gasteiger partial charge in [0.1, 0.15) is 23.7 Å². The Hall–Kier alpha value is -2.32. The second-order valence-electron chi connectivity index (χ2n) is 5.83. The van der Waals surface area contributed by atoms with Crippen molar-refractivity contribution in [3.63, 3.8) is 0 Å². The molecule has 1 aliphatic heterocycles. The minimum absolute atomic E-state index is 0.828. The van der Waals surface area contributed by atoms with Crippen LogP contribution in [0.5, 0.6) is 0 Å². The van der Waals surface area contributed by atoms with Gasteiger partial charge >= 0.3 is 0 Å². The SMILES string of the molecule is c1cc(CN2CCN(CCn3cncn3)CC2)c2nonc2c1. The lowest BCUT2D eigenvalue weighted by Gasteiger charge is -2.34. The van der Waals surface area contributed by atoms with Gasteiger partial charge in [-0.1, -0.05) is 12.1 Å². The smallest absolute Gasteiger partial charge is 0.139 e. The third-order valence-electron chi connectivity index (χ3n) is 4.34. The zero-order chi connectivity index (χ0) is 15.5. The van der Waals surface area contributed by atoms with E-state index in [1.807, 2.05) is 16.8 Å². The molecule has 1 aromatic carbocycles. The monoisotopic (exact) mass is 313 g/mol. The summed E-state index contributed by atoms with van der Waals surface area (Å²) in [6, 6.07) is 6.04. The highest BCUT2D eigenvalue weighted by Gasteiger charge is 2.18. The van der Waals surface area contributed by atoms with Crippen LogP contribution in [0.4, 0.5) is 0 Å². The predicted octanol–water partition coefficient (Wildman–Crippen LogP) is 0.632. The first-order chi connectivity index (χ1) is 11.4. The van der Waals surface area contributed by atoms with Crippen molar-refractivity contribution in [3.05, 3.63) is 36.4 Å². The van der Waals surface area contributed by atoms with Gasteiger partial charge in [-0.3, -0.25) is 14.5 Å². The molecule has 3 aromatic rings. The van der Waals surface area contributed by atoms with Gasteiger partial charge in [-0.2, -0.15) is 5.10 Å². The van der Waals surface area contributed by atoms with E-state index >= 15 is 0 Å². The van der Waals surface area contributed by atoms with Crippen LogP contribution in [0.1, 0.15) is 5.56 Å². The van der Waals surface area contributed by atoms with E-state index in [0.717, 1.165) is 56.8 Å². The zero-order valence-electron chi connectivity index (χ0n) is 12.9. The lowest BCUT2D eigenvalue weighted by Crippen LogP contribution is -2.46. The number of hydrogen-bond donors (Lipinski definition) is 0. The van der Waals surface area contributed by atoms with Crippen molar-refractivity contribution >= 4 is 11.0 Å². The summed E-state index contributed by atoms with van der Waals surface area (Å²) in [6.07, 6.45) is 3.35. The van der Waals surface area contributed by atoms with E-state index in [1.165, 1.54) is 5.56 Å². The van der Waals surface area contributed by atoms with Gasteiger partial charge in [0.15, 0.2) is 0 Å². The number of benzene rings is 1. The van der Waals surface area contributed by atoms with Crippen LogP contribution in [0.3, 0.4) is 0 Å². The van der Waals surface area contributed by atoms with Gasteiger partial charge in [-0.15, -0.1) is 0 Å². The molecular formula is C15H19N7O. The Balaban J connectivity index is 1.30. The first-order valence-electron chi connectivity index (χ1n) is 7.86. The molecular weight excluding hydrogens is 294 g/mol. The summed E-state index contributed by atoms with van der Waals surface area (Å²) in [7, 11) is 0. The lowest BCUT2D eigenvalue weighted by atomic mass is 10.1. The maximum absolute atomic E-state index is 4.84. The van der Waals surface area contributed by atoms with Gasteiger partial charge in [-0.25, -0.2) is 9.61 Å². The highest BCUT2D eigenvalue weighted by Crippen LogP contribution is 2.17. The van der Waals surface area contributed by atoms with Gasteiger partial charge in [0.05, 0.1) is 6.54 Å². The minimum atomic E-state index is 0.828. The summed E-state index contributed by atoms with van der Waals surface area (Å²) in [5, 5.41) is 12.1. The van der Waals surface area contributed by atoms with Crippen LogP contribution in [0, 0.1) is 0 Å². The summed E-state index contributed by atoms with van der Waals surface area (Å²) in [6.45, 7) is 7.05. The Kier molecular flexibility index (Phi) is 3.99. The Bertz CT molecular complexity index is 746. The van der Waals surface area contributed by atoms with E-state index in [4.69, 9.17) is 4.63 Å². The number of hydrogen-bond acceptors (Lipinski definition) is 7. The third kappa shape index (κ3) is 3.22. The normalized spacial score (nSPS) is 17.0. The van der Waals surface area contributed by atoms with E-state index in [-0.39, 0.29) is 0 Å². The Morgan fingerprint density at radius 1 is 1.00 bits per heavy atom. The number of piperazine rings is 1. The fourth-order valence-corrected chi connectivity index (χ4v) is 2.99. The van der Waals surface area contributed by atoms with E-state index in [2.05, 4.69) is 36.3 Å². The third-order valence-corrected chi connectivity index (χ3v) is 4.34. The molecule has 0 N–H and O–H groups in total. The molecule has 1 fully saturated rings. The van der Waals surface area contributed by atoms with Crippen molar-refractivity contribution in [3.8, 4) is 0 Å². The van der Waals surface area contributed by atoms with Gasteiger partial charge in [-0.05, 0) is 21.9 Å². The number of aromatic nitrogens is 5. The van der Waals surface area contributed by atoms with Gasteiger partial charge in [0.25, 0.3) is 0 Å². The predicted molar refractivity (Wildman–Crippen MR) is 83.5 cm³/mol. The highest BCUT2D eigenvalue weighted by molar-refractivity contribution is 5.76. The second kappa shape index (κ2) is 6.43. The largest absolute Gasteiger partial charge is 0.299 e. The topological polar surface area (TPSA) is 76.1 Å². The molecule has 0 amide bonds. The van der Waals surface area contributed by atoms with Gasteiger partial charge in [0, 0.05) is 39.3 Å². The molecule has 0 bridgehead atoms. The first-order valence-corrected chi connectivity index (χ1v) is 7.86. The van der Waals surface area contributed by atoms with Crippen LogP contribution < -0.4 is 0 Å². The molecule has 1 saturated heterocycles. The van der Waals surface area contributed by atoms with Crippen molar-refractivity contribution in [1.82, 2.24) is 34.9 Å². The van der Waals surface area contributed by atoms with Crippen LogP contribution in [-0.4, -0.2) is 67.6 Å². The minimum Gasteiger partial charge on any atom is -0.299 e. The van der Waals surface area contributed by atoms with E-state index in [1.54, 1.807) is 12.7 Å². The maximum Gasteiger partial charge on any atom is 0.139 e. The van der Waals surface area contributed by atoms with Crippen molar-refractivity contribution in [2.75, 3.05) is 32.7 Å². The fraction of sp³-hybridized carbons (Fsp3) is 0.467. The lowest BCUT2D eigenvalue weighted by molar-refractivity contribution is 0.123. The standard InChI is InChI=1S/C15H19N7O/c1-2-13(15-14(3-1)18-23-19-15)10-21-6-4-20(5-7-21)8-9-22-12-16-11-17-22/h1-3,11-12H,4-10H2. The second-order valence-corrected chi connectivity index (χ2v) is 5.83. The molecule has 3 heterocycles. The Labute approximate surface area is 133 Å². The van der Waals surface area contributed by atoms with E-state index in [9.17, 15) is 0 Å². The summed E-state index contributed by atoms with van der Waals surface area (Å²) in [5.74, 6) is 0. The quantitative estimate of drug-likeness (QED) is 0.684. The highest BCUT2D eigenvalue weighted by atomic mass is 16.6. The molecule has 0 spiro atoms. The molecule has 0 radical (unpaired) electrons. The Morgan fingerprint density at radius 2 is 1.87 bits per heavy atom. The van der Waals surface area contributed by atoms with Crippen LogP contribution >= 0.6 is 0 Å². The molecule has 1 aliphatic rings. The molecule has 8 nitrogen and oxygen atoms in total. The molecule has 0 aliphatic carbocycles. The summed E-state index contributed by atoms with van der Waals surface area (Å²) < 4.78 is 6.72. The van der Waals surface area contributed by atoms with E-state index in [0.29, 0.717) is 0 Å². The fourth-order valence-electron chi connectivity index (χ4n) is 2.99. The van der Waals surface area contributed by atoms with Crippen LogP contribution in [0.2, 0.25) is 0 Å². The number of rotatable bonds is 5. The first kappa shape index (κ1) is 14.3. The maximum atomic E-state index is 4.84. The summed E-state index contributed by atoms with van der Waals surface area (Å²) >= 11 is 0. The van der Waals surface area contributed by atoms with Crippen molar-refractivity contribution in [2.45, 2.75) is 13.1 Å². The number of fused-ring (bicyclic) bond motifs is 1. The molecule has 0 unspecified atom stereocenters. The summed E-state index contributed by atoms with van der Waals surface area (Å²) in [4.78, 5) is 8.89. The van der Waals surface area contributed by atoms with Crippen molar-refractivity contribution < 1.29 is 4.63 Å². The average Bonchev–Trinajstić information content (AvgIpc) is 3.26. The Morgan fingerprint density at radius 3 is 2.70 bits per heavy atom. The molecule has 0 atom stereocenters. The van der Waals surface area contributed by atoms with E-state index < -0.39 is 0 Å². The van der Waals surface area contributed by atoms with Crippen LogP contribution in [-0.2, 0) is 13.1 Å². The molecule has 120 valence electrons. The summed E-state index contributed by atoms with van der Waals surface area (Å²) in [5.41, 5.74) is 2.88.